The molecule has 0 aliphatic carbocycles. The lowest BCUT2D eigenvalue weighted by Crippen LogP contribution is -2.38. The number of nitrogens with one attached hydrogen (secondary N) is 2. The molecule has 10 heteroatoms. The largest absolute Gasteiger partial charge is 0.381 e. The van der Waals surface area contributed by atoms with Gasteiger partial charge in [0.25, 0.3) is 5.91 Å². The first-order valence-corrected chi connectivity index (χ1v) is 13.1. The number of hydrogen-bond donors (Lipinski definition) is 2. The smallest absolute Gasteiger partial charge is 0.252 e. The van der Waals surface area contributed by atoms with Gasteiger partial charge in [-0.3, -0.25) is 4.79 Å². The molecule has 5 rings (SSSR count). The summed E-state index contributed by atoms with van der Waals surface area (Å²) in [4.78, 5) is 13.1. The Balaban J connectivity index is 1.26. The minimum atomic E-state index is -3.62. The van der Waals surface area contributed by atoms with Crippen molar-refractivity contribution in [2.45, 2.75) is 30.3 Å². The quantitative estimate of drug-likeness (QED) is 0.398. The van der Waals surface area contributed by atoms with Crippen LogP contribution in [0, 0.1) is 5.82 Å². The van der Waals surface area contributed by atoms with Gasteiger partial charge in [0.1, 0.15) is 5.82 Å². The van der Waals surface area contributed by atoms with Crippen LogP contribution in [0.3, 0.4) is 0 Å². The van der Waals surface area contributed by atoms with Crippen molar-refractivity contribution in [3.05, 3.63) is 89.9 Å². The standard InChI is InChI=1S/C26H25FN4O4S/c27-19-6-8-21(9-7-19)31-25-3-1-2-23(24(25)17-29-31)26(32)28-16-18-4-10-22(11-5-18)36(33,34)30-20-12-14-35-15-13-20/h1-11,17,20,30H,12-16H2,(H,28,32). The fourth-order valence-corrected chi connectivity index (χ4v) is 5.51. The van der Waals surface area contributed by atoms with Gasteiger partial charge in [0.15, 0.2) is 0 Å². The van der Waals surface area contributed by atoms with Crippen LogP contribution in [0.15, 0.2) is 77.8 Å². The summed E-state index contributed by atoms with van der Waals surface area (Å²) in [5, 5.41) is 7.93. The van der Waals surface area contributed by atoms with E-state index in [1.54, 1.807) is 47.3 Å². The summed E-state index contributed by atoms with van der Waals surface area (Å²) in [5.41, 5.74) is 2.63. The summed E-state index contributed by atoms with van der Waals surface area (Å²) in [6.07, 6.45) is 2.91. The van der Waals surface area contributed by atoms with Crippen molar-refractivity contribution < 1.29 is 22.3 Å². The van der Waals surface area contributed by atoms with Gasteiger partial charge in [0.2, 0.25) is 10.0 Å². The van der Waals surface area contributed by atoms with Crippen LogP contribution in [0.1, 0.15) is 28.8 Å². The number of fused-ring (bicyclic) bond motifs is 1. The van der Waals surface area contributed by atoms with E-state index in [1.165, 1.54) is 24.3 Å². The Morgan fingerprint density at radius 1 is 1.03 bits per heavy atom. The third kappa shape index (κ3) is 5.15. The van der Waals surface area contributed by atoms with Crippen LogP contribution in [0.2, 0.25) is 0 Å². The van der Waals surface area contributed by atoms with Gasteiger partial charge in [0.05, 0.1) is 27.9 Å². The highest BCUT2D eigenvalue weighted by Crippen LogP contribution is 2.22. The minimum Gasteiger partial charge on any atom is -0.381 e. The van der Waals surface area contributed by atoms with E-state index in [9.17, 15) is 17.6 Å². The molecule has 2 N–H and O–H groups in total. The number of ether oxygens (including phenoxy) is 1. The molecule has 1 aliphatic heterocycles. The fraction of sp³-hybridized carbons (Fsp3) is 0.231. The molecule has 0 spiro atoms. The normalized spacial score (nSPS) is 14.7. The molecule has 0 atom stereocenters. The molecule has 3 aromatic carbocycles. The number of rotatable bonds is 7. The van der Waals surface area contributed by atoms with Gasteiger partial charge in [-0.1, -0.05) is 18.2 Å². The predicted molar refractivity (Wildman–Crippen MR) is 133 cm³/mol. The molecule has 2 heterocycles. The van der Waals surface area contributed by atoms with Crippen molar-refractivity contribution in [3.8, 4) is 5.69 Å². The van der Waals surface area contributed by atoms with Crippen LogP contribution < -0.4 is 10.0 Å². The molecule has 4 aromatic rings. The van der Waals surface area contributed by atoms with E-state index in [0.29, 0.717) is 42.7 Å². The Labute approximate surface area is 208 Å². The molecule has 0 unspecified atom stereocenters. The molecule has 186 valence electrons. The lowest BCUT2D eigenvalue weighted by atomic mass is 10.1. The number of benzene rings is 3. The third-order valence-electron chi connectivity index (χ3n) is 6.16. The van der Waals surface area contributed by atoms with E-state index in [1.807, 2.05) is 6.07 Å². The number of sulfonamides is 1. The van der Waals surface area contributed by atoms with Gasteiger partial charge in [-0.05, 0) is 66.9 Å². The van der Waals surface area contributed by atoms with Gasteiger partial charge in [-0.2, -0.15) is 5.10 Å². The van der Waals surface area contributed by atoms with Crippen molar-refractivity contribution in [3.63, 3.8) is 0 Å². The van der Waals surface area contributed by atoms with Gasteiger partial charge in [-0.15, -0.1) is 0 Å². The van der Waals surface area contributed by atoms with Crippen LogP contribution in [0.25, 0.3) is 16.6 Å². The average Bonchev–Trinajstić information content (AvgIpc) is 3.33. The minimum absolute atomic E-state index is 0.127. The predicted octanol–water partition coefficient (Wildman–Crippen LogP) is 3.55. The highest BCUT2D eigenvalue weighted by molar-refractivity contribution is 7.89. The van der Waals surface area contributed by atoms with E-state index in [-0.39, 0.29) is 29.2 Å². The number of halogens is 1. The zero-order valence-corrected chi connectivity index (χ0v) is 20.2. The van der Waals surface area contributed by atoms with E-state index < -0.39 is 10.0 Å². The maximum absolute atomic E-state index is 13.3. The molecule has 0 saturated carbocycles. The van der Waals surface area contributed by atoms with Crippen molar-refractivity contribution in [2.24, 2.45) is 0 Å². The second kappa shape index (κ2) is 10.2. The summed E-state index contributed by atoms with van der Waals surface area (Å²) in [6, 6.07) is 17.6. The first-order chi connectivity index (χ1) is 17.4. The Morgan fingerprint density at radius 3 is 2.47 bits per heavy atom. The molecule has 1 fully saturated rings. The van der Waals surface area contributed by atoms with Crippen molar-refractivity contribution in [1.29, 1.82) is 0 Å². The highest BCUT2D eigenvalue weighted by atomic mass is 32.2. The summed E-state index contributed by atoms with van der Waals surface area (Å²) in [5.74, 6) is -0.617. The summed E-state index contributed by atoms with van der Waals surface area (Å²) in [6.45, 7) is 1.33. The number of hydrogen-bond acceptors (Lipinski definition) is 5. The number of carbonyl (C=O) groups is 1. The maximum atomic E-state index is 13.3. The Morgan fingerprint density at radius 2 is 1.75 bits per heavy atom. The third-order valence-corrected chi connectivity index (χ3v) is 7.70. The van der Waals surface area contributed by atoms with Gasteiger partial charge in [0, 0.05) is 31.2 Å². The monoisotopic (exact) mass is 508 g/mol. The number of carbonyl (C=O) groups excluding carboxylic acids is 1. The lowest BCUT2D eigenvalue weighted by molar-refractivity contribution is 0.0832. The van der Waals surface area contributed by atoms with E-state index in [0.717, 1.165) is 11.1 Å². The molecule has 0 bridgehead atoms. The summed E-state index contributed by atoms with van der Waals surface area (Å²) >= 11 is 0. The van der Waals surface area contributed by atoms with Crippen molar-refractivity contribution in [2.75, 3.05) is 13.2 Å². The molecule has 1 saturated heterocycles. The molecule has 1 amide bonds. The molecule has 0 radical (unpaired) electrons. The Kier molecular flexibility index (Phi) is 6.82. The van der Waals surface area contributed by atoms with E-state index in [2.05, 4.69) is 15.1 Å². The average molecular weight is 509 g/mol. The molecular weight excluding hydrogens is 483 g/mol. The Hall–Kier alpha value is -3.60. The highest BCUT2D eigenvalue weighted by Gasteiger charge is 2.22. The molecule has 36 heavy (non-hydrogen) atoms. The first-order valence-electron chi connectivity index (χ1n) is 11.6. The zero-order chi connectivity index (χ0) is 25.1. The lowest BCUT2D eigenvalue weighted by Gasteiger charge is -2.23. The summed E-state index contributed by atoms with van der Waals surface area (Å²) < 4.78 is 48.3. The van der Waals surface area contributed by atoms with Crippen LogP contribution in [-0.4, -0.2) is 43.4 Å². The van der Waals surface area contributed by atoms with Gasteiger partial charge in [-0.25, -0.2) is 22.2 Å². The second-order valence-corrected chi connectivity index (χ2v) is 10.3. The number of amides is 1. The van der Waals surface area contributed by atoms with Crippen LogP contribution in [0.5, 0.6) is 0 Å². The zero-order valence-electron chi connectivity index (χ0n) is 19.4. The molecular formula is C26H25FN4O4S. The van der Waals surface area contributed by atoms with Gasteiger partial charge >= 0.3 is 0 Å². The number of aromatic nitrogens is 2. The van der Waals surface area contributed by atoms with E-state index >= 15 is 0 Å². The van der Waals surface area contributed by atoms with Crippen LogP contribution in [0.4, 0.5) is 4.39 Å². The number of nitrogens with zero attached hydrogens (tertiary/aromatic N) is 2. The maximum Gasteiger partial charge on any atom is 0.252 e. The second-order valence-electron chi connectivity index (χ2n) is 8.61. The topological polar surface area (TPSA) is 102 Å². The van der Waals surface area contributed by atoms with Crippen LogP contribution in [-0.2, 0) is 21.3 Å². The fourth-order valence-electron chi connectivity index (χ4n) is 4.20. The van der Waals surface area contributed by atoms with Crippen molar-refractivity contribution in [1.82, 2.24) is 19.8 Å². The first kappa shape index (κ1) is 24.1. The molecule has 8 nitrogen and oxygen atoms in total. The van der Waals surface area contributed by atoms with Gasteiger partial charge < -0.3 is 10.1 Å². The SMILES string of the molecule is O=C(NCc1ccc(S(=O)(=O)NC2CCOCC2)cc1)c1cccc2c1cnn2-c1ccc(F)cc1. The van der Waals surface area contributed by atoms with Crippen LogP contribution >= 0.6 is 0 Å². The van der Waals surface area contributed by atoms with Crippen molar-refractivity contribution >= 4 is 26.8 Å². The van der Waals surface area contributed by atoms with E-state index in [4.69, 9.17) is 4.74 Å². The Bertz CT molecular complexity index is 1480. The molecule has 1 aromatic heterocycles. The molecule has 1 aliphatic rings. The summed E-state index contributed by atoms with van der Waals surface area (Å²) in [7, 11) is -3.62.